The second-order valence-corrected chi connectivity index (χ2v) is 6.99. The van der Waals surface area contributed by atoms with E-state index in [0.29, 0.717) is 28.7 Å². The van der Waals surface area contributed by atoms with Gasteiger partial charge in [0.1, 0.15) is 17.3 Å². The first-order chi connectivity index (χ1) is 14.3. The minimum Gasteiger partial charge on any atom is -0.306 e. The fourth-order valence-corrected chi connectivity index (χ4v) is 3.23. The number of benzene rings is 1. The van der Waals surface area contributed by atoms with E-state index in [-0.39, 0.29) is 11.6 Å². The predicted octanol–water partition coefficient (Wildman–Crippen LogP) is 3.47. The number of hydrogen-bond acceptors (Lipinski definition) is 5. The Bertz CT molecular complexity index is 1240. The molecule has 9 heteroatoms. The second kappa shape index (κ2) is 7.51. The normalized spacial score (nSPS) is 11.0. The van der Waals surface area contributed by atoms with Crippen LogP contribution in [0.1, 0.15) is 33.1 Å². The van der Waals surface area contributed by atoms with Gasteiger partial charge in [-0.15, -0.1) is 0 Å². The van der Waals surface area contributed by atoms with E-state index in [4.69, 9.17) is 0 Å². The number of amides is 1. The van der Waals surface area contributed by atoms with Gasteiger partial charge in [0, 0.05) is 17.5 Å². The molecular formula is C21H20FN7O. The van der Waals surface area contributed by atoms with Gasteiger partial charge in [-0.3, -0.25) is 4.79 Å². The minimum absolute atomic E-state index is 0.276. The SMILES string of the molecule is Cc1cc(C)nc(-n2nc(C)cc2NC(=O)c2cnn(-c3ccccc3F)c2C)n1. The summed E-state index contributed by atoms with van der Waals surface area (Å²) in [5.74, 6) is -0.00726. The number of carbonyl (C=O) groups excluding carboxylic acids is 1. The predicted molar refractivity (Wildman–Crippen MR) is 110 cm³/mol. The lowest BCUT2D eigenvalue weighted by atomic mass is 10.2. The Morgan fingerprint density at radius 1 is 0.967 bits per heavy atom. The van der Waals surface area contributed by atoms with Crippen molar-refractivity contribution in [3.05, 3.63) is 76.8 Å². The van der Waals surface area contributed by atoms with Crippen molar-refractivity contribution in [2.45, 2.75) is 27.7 Å². The molecule has 8 nitrogen and oxygen atoms in total. The average Bonchev–Trinajstić information content (AvgIpc) is 3.24. The molecule has 3 aromatic heterocycles. The second-order valence-electron chi connectivity index (χ2n) is 6.99. The molecule has 0 saturated carbocycles. The molecule has 30 heavy (non-hydrogen) atoms. The summed E-state index contributed by atoms with van der Waals surface area (Å²) in [6.07, 6.45) is 1.41. The number of nitrogens with one attached hydrogen (secondary N) is 1. The maximum absolute atomic E-state index is 14.1. The number of para-hydroxylation sites is 1. The molecule has 0 unspecified atom stereocenters. The molecule has 0 bridgehead atoms. The van der Waals surface area contributed by atoms with Gasteiger partial charge in [0.05, 0.1) is 23.1 Å². The molecule has 4 rings (SSSR count). The van der Waals surface area contributed by atoms with Gasteiger partial charge in [0.15, 0.2) is 0 Å². The van der Waals surface area contributed by atoms with Crippen molar-refractivity contribution < 1.29 is 9.18 Å². The molecule has 1 aromatic carbocycles. The van der Waals surface area contributed by atoms with E-state index >= 15 is 0 Å². The highest BCUT2D eigenvalue weighted by molar-refractivity contribution is 6.04. The molecule has 0 saturated heterocycles. The molecule has 0 atom stereocenters. The van der Waals surface area contributed by atoms with E-state index in [1.807, 2.05) is 26.8 Å². The summed E-state index contributed by atoms with van der Waals surface area (Å²) < 4.78 is 17.0. The Morgan fingerprint density at radius 2 is 1.67 bits per heavy atom. The Kier molecular flexibility index (Phi) is 4.86. The fraction of sp³-hybridized carbons (Fsp3) is 0.190. The summed E-state index contributed by atoms with van der Waals surface area (Å²) in [7, 11) is 0. The number of rotatable bonds is 4. The molecule has 0 aliphatic carbocycles. The number of nitrogens with zero attached hydrogens (tertiary/aromatic N) is 6. The van der Waals surface area contributed by atoms with Crippen molar-refractivity contribution in [3.63, 3.8) is 0 Å². The molecule has 0 spiro atoms. The summed E-state index contributed by atoms with van der Waals surface area (Å²) in [6, 6.07) is 9.86. The van der Waals surface area contributed by atoms with Gasteiger partial charge in [-0.05, 0) is 45.9 Å². The van der Waals surface area contributed by atoms with Gasteiger partial charge in [-0.2, -0.15) is 14.9 Å². The highest BCUT2D eigenvalue weighted by atomic mass is 19.1. The van der Waals surface area contributed by atoms with Crippen molar-refractivity contribution in [1.29, 1.82) is 0 Å². The van der Waals surface area contributed by atoms with Crippen LogP contribution >= 0.6 is 0 Å². The third-order valence-corrected chi connectivity index (χ3v) is 4.57. The molecule has 1 N–H and O–H groups in total. The summed E-state index contributed by atoms with van der Waals surface area (Å²) in [4.78, 5) is 21.8. The molecule has 3 heterocycles. The van der Waals surface area contributed by atoms with Gasteiger partial charge < -0.3 is 5.32 Å². The molecule has 152 valence electrons. The first kappa shape index (κ1) is 19.4. The van der Waals surface area contributed by atoms with E-state index in [1.165, 1.54) is 21.6 Å². The fourth-order valence-electron chi connectivity index (χ4n) is 3.23. The third kappa shape index (κ3) is 3.57. The zero-order valence-electron chi connectivity index (χ0n) is 17.0. The molecule has 1 amide bonds. The average molecular weight is 405 g/mol. The topological polar surface area (TPSA) is 90.5 Å². The van der Waals surface area contributed by atoms with Crippen molar-refractivity contribution in [1.82, 2.24) is 29.5 Å². The van der Waals surface area contributed by atoms with Crippen molar-refractivity contribution in [2.75, 3.05) is 5.32 Å². The maximum Gasteiger partial charge on any atom is 0.260 e. The first-order valence-electron chi connectivity index (χ1n) is 9.33. The zero-order chi connectivity index (χ0) is 21.4. The molecule has 0 radical (unpaired) electrons. The van der Waals surface area contributed by atoms with Crippen LogP contribution in [0.3, 0.4) is 0 Å². The van der Waals surface area contributed by atoms with Crippen LogP contribution in [-0.2, 0) is 0 Å². The standard InChI is InChI=1S/C21H20FN7O/c1-12-9-13(2)25-21(24-12)29-19(10-14(3)27-29)26-20(30)16-11-23-28(15(16)4)18-8-6-5-7-17(18)22/h5-11H,1-4H3,(H,26,30). The van der Waals surface area contributed by atoms with Crippen molar-refractivity contribution >= 4 is 11.7 Å². The van der Waals surface area contributed by atoms with Gasteiger partial charge in [-0.25, -0.2) is 19.0 Å². The van der Waals surface area contributed by atoms with Crippen LogP contribution in [0.25, 0.3) is 11.6 Å². The molecule has 0 fully saturated rings. The smallest absolute Gasteiger partial charge is 0.260 e. The van der Waals surface area contributed by atoms with Gasteiger partial charge in [0.2, 0.25) is 0 Å². The van der Waals surface area contributed by atoms with Crippen molar-refractivity contribution in [3.8, 4) is 11.6 Å². The van der Waals surface area contributed by atoms with Gasteiger partial charge in [-0.1, -0.05) is 12.1 Å². The lowest BCUT2D eigenvalue weighted by Crippen LogP contribution is -2.17. The van der Waals surface area contributed by atoms with Gasteiger partial charge >= 0.3 is 0 Å². The number of aromatic nitrogens is 6. The van der Waals surface area contributed by atoms with E-state index in [1.54, 1.807) is 31.2 Å². The summed E-state index contributed by atoms with van der Waals surface area (Å²) in [5, 5.41) is 11.4. The first-order valence-corrected chi connectivity index (χ1v) is 9.33. The Labute approximate surface area is 172 Å². The molecule has 4 aromatic rings. The quantitative estimate of drug-likeness (QED) is 0.561. The van der Waals surface area contributed by atoms with E-state index in [9.17, 15) is 9.18 Å². The largest absolute Gasteiger partial charge is 0.306 e. The number of halogens is 1. The van der Waals surface area contributed by atoms with Crippen LogP contribution in [0, 0.1) is 33.5 Å². The molecule has 0 aliphatic rings. The Balaban J connectivity index is 1.67. The summed E-state index contributed by atoms with van der Waals surface area (Å²) >= 11 is 0. The van der Waals surface area contributed by atoms with Crippen LogP contribution in [0.5, 0.6) is 0 Å². The van der Waals surface area contributed by atoms with Crippen molar-refractivity contribution in [2.24, 2.45) is 0 Å². The Hall–Kier alpha value is -3.88. The lowest BCUT2D eigenvalue weighted by Gasteiger charge is -2.09. The number of hydrogen-bond donors (Lipinski definition) is 1. The summed E-state index contributed by atoms with van der Waals surface area (Å²) in [5.41, 5.74) is 3.41. The van der Waals surface area contributed by atoms with E-state index < -0.39 is 5.82 Å². The highest BCUT2D eigenvalue weighted by Gasteiger charge is 2.19. The molecular weight excluding hydrogens is 385 g/mol. The van der Waals surface area contributed by atoms with Crippen LogP contribution in [-0.4, -0.2) is 35.4 Å². The Morgan fingerprint density at radius 3 is 2.37 bits per heavy atom. The van der Waals surface area contributed by atoms with Gasteiger partial charge in [0.25, 0.3) is 11.9 Å². The van der Waals surface area contributed by atoms with Crippen LogP contribution < -0.4 is 5.32 Å². The third-order valence-electron chi connectivity index (χ3n) is 4.57. The van der Waals surface area contributed by atoms with Crippen LogP contribution in [0.2, 0.25) is 0 Å². The maximum atomic E-state index is 14.1. The van der Waals surface area contributed by atoms with E-state index in [0.717, 1.165) is 11.4 Å². The monoisotopic (exact) mass is 405 g/mol. The number of carbonyl (C=O) groups is 1. The number of anilines is 1. The zero-order valence-corrected chi connectivity index (χ0v) is 17.0. The highest BCUT2D eigenvalue weighted by Crippen LogP contribution is 2.20. The molecule has 0 aliphatic heterocycles. The minimum atomic E-state index is -0.420. The van der Waals surface area contributed by atoms with Crippen LogP contribution in [0.4, 0.5) is 10.2 Å². The summed E-state index contributed by atoms with van der Waals surface area (Å²) in [6.45, 7) is 7.26. The van der Waals surface area contributed by atoms with Crippen LogP contribution in [0.15, 0.2) is 42.6 Å². The van der Waals surface area contributed by atoms with E-state index in [2.05, 4.69) is 25.5 Å². The lowest BCUT2D eigenvalue weighted by molar-refractivity contribution is 0.102. The number of aryl methyl sites for hydroxylation is 3.